The predicted molar refractivity (Wildman–Crippen MR) is 94.2 cm³/mol. The fourth-order valence-electron chi connectivity index (χ4n) is 3.79. The molecule has 24 heavy (non-hydrogen) atoms. The van der Waals surface area contributed by atoms with E-state index >= 15 is 0 Å². The Morgan fingerprint density at radius 1 is 1.38 bits per heavy atom. The first-order valence-corrected chi connectivity index (χ1v) is 8.92. The molecule has 0 aromatic carbocycles. The zero-order valence-corrected chi connectivity index (χ0v) is 15.5. The van der Waals surface area contributed by atoms with E-state index in [0.29, 0.717) is 35.9 Å². The maximum absolute atomic E-state index is 12.6. The van der Waals surface area contributed by atoms with Gasteiger partial charge in [0, 0.05) is 25.4 Å². The van der Waals surface area contributed by atoms with Gasteiger partial charge in [0.2, 0.25) is 11.8 Å². The molecule has 3 rings (SSSR count). The van der Waals surface area contributed by atoms with E-state index in [1.54, 1.807) is 0 Å². The van der Waals surface area contributed by atoms with Crippen LogP contribution >= 0.6 is 12.4 Å². The number of halogens is 1. The Bertz CT molecular complexity index is 522. The molecule has 2 aliphatic rings. The van der Waals surface area contributed by atoms with Crippen molar-refractivity contribution in [2.45, 2.75) is 51.9 Å². The maximum Gasteiger partial charge on any atom is 0.229 e. The second-order valence-corrected chi connectivity index (χ2v) is 7.12. The van der Waals surface area contributed by atoms with Gasteiger partial charge < -0.3 is 14.7 Å². The molecule has 6 nitrogen and oxygen atoms in total. The summed E-state index contributed by atoms with van der Waals surface area (Å²) in [5, 5.41) is 7.31. The van der Waals surface area contributed by atoms with Crippen LogP contribution in [0.25, 0.3) is 0 Å². The number of carbonyl (C=O) groups is 1. The second-order valence-electron chi connectivity index (χ2n) is 7.12. The third-order valence-electron chi connectivity index (χ3n) is 5.38. The summed E-state index contributed by atoms with van der Waals surface area (Å²) < 4.78 is 5.27. The normalized spacial score (nSPS) is 23.6. The molecule has 1 aromatic heterocycles. The van der Waals surface area contributed by atoms with Crippen molar-refractivity contribution >= 4 is 18.3 Å². The van der Waals surface area contributed by atoms with Crippen molar-refractivity contribution in [3.8, 4) is 0 Å². The molecule has 1 N–H and O–H groups in total. The summed E-state index contributed by atoms with van der Waals surface area (Å²) in [5.41, 5.74) is 0. The number of carbonyl (C=O) groups excluding carboxylic acids is 1. The van der Waals surface area contributed by atoms with E-state index in [-0.39, 0.29) is 12.4 Å². The van der Waals surface area contributed by atoms with Gasteiger partial charge in [-0.05, 0) is 57.5 Å². The summed E-state index contributed by atoms with van der Waals surface area (Å²) in [4.78, 5) is 18.9. The Labute approximate surface area is 150 Å². The number of piperidine rings is 2. The van der Waals surface area contributed by atoms with Gasteiger partial charge in [-0.25, -0.2) is 0 Å². The van der Waals surface area contributed by atoms with Gasteiger partial charge in [0.15, 0.2) is 5.82 Å². The highest BCUT2D eigenvalue weighted by atomic mass is 35.5. The van der Waals surface area contributed by atoms with Crippen LogP contribution in [0, 0.1) is 18.8 Å². The second kappa shape index (κ2) is 8.81. The molecule has 136 valence electrons. The zero-order chi connectivity index (χ0) is 16.2. The van der Waals surface area contributed by atoms with Crippen LogP contribution in [0.5, 0.6) is 0 Å². The van der Waals surface area contributed by atoms with Gasteiger partial charge in [-0.3, -0.25) is 4.79 Å². The van der Waals surface area contributed by atoms with E-state index in [2.05, 4.69) is 22.4 Å². The number of aromatic nitrogens is 2. The number of hydrogen-bond acceptors (Lipinski definition) is 5. The number of aryl methyl sites for hydroxylation is 1. The molecule has 1 aromatic rings. The lowest BCUT2D eigenvalue weighted by Crippen LogP contribution is -2.40. The Balaban J connectivity index is 0.00000208. The van der Waals surface area contributed by atoms with Crippen molar-refractivity contribution in [1.82, 2.24) is 20.4 Å². The lowest BCUT2D eigenvalue weighted by molar-refractivity contribution is -0.133. The first-order valence-electron chi connectivity index (χ1n) is 8.92. The summed E-state index contributed by atoms with van der Waals surface area (Å²) in [6.45, 7) is 7.87. The number of likely N-dealkylation sites (tertiary alicyclic amines) is 1. The number of nitrogens with one attached hydrogen (secondary N) is 1. The van der Waals surface area contributed by atoms with Crippen molar-refractivity contribution in [1.29, 1.82) is 0 Å². The molecule has 0 radical (unpaired) electrons. The standard InChI is InChI=1S/C17H28N4O2.ClH/c1-12(15-4-3-7-18-11-15)10-16(22)21-8-5-14(6-9-21)17-19-13(2)20-23-17;/h12,14-15,18H,3-11H2,1-2H3;1H. The molecule has 0 spiro atoms. The van der Waals surface area contributed by atoms with Crippen LogP contribution in [-0.2, 0) is 4.79 Å². The summed E-state index contributed by atoms with van der Waals surface area (Å²) in [6, 6.07) is 0. The van der Waals surface area contributed by atoms with Crippen LogP contribution in [0.1, 0.15) is 56.7 Å². The lowest BCUT2D eigenvalue weighted by atomic mass is 9.85. The van der Waals surface area contributed by atoms with Crippen LogP contribution in [0.4, 0.5) is 0 Å². The highest BCUT2D eigenvalue weighted by molar-refractivity contribution is 5.85. The smallest absolute Gasteiger partial charge is 0.229 e. The van der Waals surface area contributed by atoms with Crippen LogP contribution < -0.4 is 5.32 Å². The highest BCUT2D eigenvalue weighted by Crippen LogP contribution is 2.28. The van der Waals surface area contributed by atoms with Gasteiger partial charge in [-0.1, -0.05) is 12.1 Å². The van der Waals surface area contributed by atoms with E-state index in [1.165, 1.54) is 12.8 Å². The largest absolute Gasteiger partial charge is 0.343 e. The maximum atomic E-state index is 12.6. The van der Waals surface area contributed by atoms with Crippen molar-refractivity contribution < 1.29 is 9.32 Å². The molecular formula is C17H29ClN4O2. The van der Waals surface area contributed by atoms with E-state index in [9.17, 15) is 4.79 Å². The zero-order valence-electron chi connectivity index (χ0n) is 14.7. The Hall–Kier alpha value is -1.14. The molecular weight excluding hydrogens is 328 g/mol. The molecule has 7 heteroatoms. The number of rotatable bonds is 4. The monoisotopic (exact) mass is 356 g/mol. The minimum Gasteiger partial charge on any atom is -0.343 e. The quantitative estimate of drug-likeness (QED) is 0.897. The molecule has 2 fully saturated rings. The minimum absolute atomic E-state index is 0. The summed E-state index contributed by atoms with van der Waals surface area (Å²) >= 11 is 0. The van der Waals surface area contributed by atoms with Gasteiger partial charge in [-0.2, -0.15) is 4.98 Å². The van der Waals surface area contributed by atoms with E-state index in [1.807, 2.05) is 11.8 Å². The molecule has 2 aliphatic heterocycles. The van der Waals surface area contributed by atoms with Gasteiger partial charge >= 0.3 is 0 Å². The average Bonchev–Trinajstić information content (AvgIpc) is 3.02. The van der Waals surface area contributed by atoms with Crippen molar-refractivity contribution in [3.05, 3.63) is 11.7 Å². The highest BCUT2D eigenvalue weighted by Gasteiger charge is 2.29. The van der Waals surface area contributed by atoms with Gasteiger partial charge in [-0.15, -0.1) is 12.4 Å². The summed E-state index contributed by atoms with van der Waals surface area (Å²) in [6.07, 6.45) is 5.01. The summed E-state index contributed by atoms with van der Waals surface area (Å²) in [5.74, 6) is 3.14. The minimum atomic E-state index is 0. The van der Waals surface area contributed by atoms with E-state index in [4.69, 9.17) is 4.52 Å². The van der Waals surface area contributed by atoms with Gasteiger partial charge in [0.1, 0.15) is 0 Å². The third-order valence-corrected chi connectivity index (χ3v) is 5.38. The Morgan fingerprint density at radius 3 is 2.71 bits per heavy atom. The molecule has 2 atom stereocenters. The number of nitrogens with zero attached hydrogens (tertiary/aromatic N) is 3. The summed E-state index contributed by atoms with van der Waals surface area (Å²) in [7, 11) is 0. The van der Waals surface area contributed by atoms with Crippen molar-refractivity contribution in [2.24, 2.45) is 11.8 Å². The first-order chi connectivity index (χ1) is 11.1. The van der Waals surface area contributed by atoms with Gasteiger partial charge in [0.25, 0.3) is 0 Å². The average molecular weight is 357 g/mol. The SMILES string of the molecule is Cc1noc(C2CCN(C(=O)CC(C)C3CCCNC3)CC2)n1.Cl. The Morgan fingerprint density at radius 2 is 2.12 bits per heavy atom. The van der Waals surface area contributed by atoms with Crippen LogP contribution in [-0.4, -0.2) is 47.1 Å². The Kier molecular flexibility index (Phi) is 7.04. The van der Waals surface area contributed by atoms with E-state index in [0.717, 1.165) is 44.9 Å². The van der Waals surface area contributed by atoms with Crippen LogP contribution in [0.3, 0.4) is 0 Å². The predicted octanol–water partition coefficient (Wildman–Crippen LogP) is 2.53. The first kappa shape index (κ1) is 19.2. The third kappa shape index (κ3) is 4.70. The molecule has 3 heterocycles. The fraction of sp³-hybridized carbons (Fsp3) is 0.824. The molecule has 0 saturated carbocycles. The number of hydrogen-bond donors (Lipinski definition) is 1. The molecule has 0 aliphatic carbocycles. The van der Waals surface area contributed by atoms with Gasteiger partial charge in [0.05, 0.1) is 0 Å². The molecule has 0 bridgehead atoms. The lowest BCUT2D eigenvalue weighted by Gasteiger charge is -2.33. The fourth-order valence-corrected chi connectivity index (χ4v) is 3.79. The van der Waals surface area contributed by atoms with Crippen molar-refractivity contribution in [3.63, 3.8) is 0 Å². The van der Waals surface area contributed by atoms with Crippen LogP contribution in [0.2, 0.25) is 0 Å². The molecule has 1 amide bonds. The van der Waals surface area contributed by atoms with Crippen molar-refractivity contribution in [2.75, 3.05) is 26.2 Å². The topological polar surface area (TPSA) is 71.3 Å². The number of amides is 1. The molecule has 2 saturated heterocycles. The van der Waals surface area contributed by atoms with Crippen LogP contribution in [0.15, 0.2) is 4.52 Å². The van der Waals surface area contributed by atoms with E-state index < -0.39 is 0 Å². The molecule has 2 unspecified atom stereocenters.